The van der Waals surface area contributed by atoms with Gasteiger partial charge in [-0.25, -0.2) is 4.79 Å². The summed E-state index contributed by atoms with van der Waals surface area (Å²) in [5.41, 5.74) is 3.31. The van der Waals surface area contributed by atoms with Gasteiger partial charge in [0.2, 0.25) is 0 Å². The minimum Gasteiger partial charge on any atom is -0.453 e. The molecule has 1 heterocycles. The van der Waals surface area contributed by atoms with Crippen LogP contribution in [0.2, 0.25) is 0 Å². The third kappa shape index (κ3) is 2.46. The van der Waals surface area contributed by atoms with E-state index in [1.807, 2.05) is 54.6 Å². The first-order valence-corrected chi connectivity index (χ1v) is 7.99. The molecule has 124 valence electrons. The lowest BCUT2D eigenvalue weighted by atomic mass is 10.1. The highest BCUT2D eigenvalue weighted by Crippen LogP contribution is 2.56. The first kappa shape index (κ1) is 15.2. The van der Waals surface area contributed by atoms with Gasteiger partial charge in [0.15, 0.2) is 5.79 Å². The molecule has 1 fully saturated rings. The molecule has 1 amide bonds. The average Bonchev–Trinajstić information content (AvgIpc) is 3.31. The Morgan fingerprint density at radius 1 is 1.04 bits per heavy atom. The van der Waals surface area contributed by atoms with Gasteiger partial charge in [-0.1, -0.05) is 54.6 Å². The third-order valence-corrected chi connectivity index (χ3v) is 4.73. The van der Waals surface area contributed by atoms with Gasteiger partial charge >= 0.3 is 6.09 Å². The van der Waals surface area contributed by atoms with Crippen LogP contribution in [0.15, 0.2) is 54.6 Å². The van der Waals surface area contributed by atoms with Crippen LogP contribution in [-0.2, 0) is 27.4 Å². The second-order valence-electron chi connectivity index (χ2n) is 6.07. The van der Waals surface area contributed by atoms with Crippen molar-refractivity contribution in [1.29, 1.82) is 0 Å². The minimum absolute atomic E-state index is 0.0629. The number of hydrogen-bond donors (Lipinski definition) is 1. The minimum atomic E-state index is -0.853. The van der Waals surface area contributed by atoms with Gasteiger partial charge in [0.05, 0.1) is 32.3 Å². The number of alkyl carbamates (subject to hydrolysis) is 1. The van der Waals surface area contributed by atoms with Crippen LogP contribution in [0.1, 0.15) is 22.6 Å². The summed E-state index contributed by atoms with van der Waals surface area (Å²) >= 11 is 0. The lowest BCUT2D eigenvalue weighted by Gasteiger charge is -2.17. The number of benzene rings is 2. The summed E-state index contributed by atoms with van der Waals surface area (Å²) in [7, 11) is 1.35. The first-order valence-electron chi connectivity index (χ1n) is 7.99. The Labute approximate surface area is 140 Å². The van der Waals surface area contributed by atoms with Crippen LogP contribution in [0.25, 0.3) is 0 Å². The third-order valence-electron chi connectivity index (χ3n) is 4.73. The van der Waals surface area contributed by atoms with Crippen LogP contribution in [0.5, 0.6) is 0 Å². The lowest BCUT2D eigenvalue weighted by Crippen LogP contribution is -2.34. The number of fused-ring (bicyclic) bond motifs is 1. The Morgan fingerprint density at radius 2 is 1.62 bits per heavy atom. The van der Waals surface area contributed by atoms with Crippen LogP contribution in [0.4, 0.5) is 4.79 Å². The van der Waals surface area contributed by atoms with E-state index in [-0.39, 0.29) is 12.0 Å². The summed E-state index contributed by atoms with van der Waals surface area (Å²) < 4.78 is 17.1. The van der Waals surface area contributed by atoms with Crippen LogP contribution >= 0.6 is 0 Å². The number of methoxy groups -OCH3 is 1. The number of rotatable bonds is 2. The van der Waals surface area contributed by atoms with Crippen molar-refractivity contribution in [3.05, 3.63) is 71.3 Å². The number of carbonyl (C=O) groups is 1. The molecule has 0 unspecified atom stereocenters. The highest BCUT2D eigenvalue weighted by molar-refractivity contribution is 5.69. The number of amides is 1. The second-order valence-corrected chi connectivity index (χ2v) is 6.07. The van der Waals surface area contributed by atoms with E-state index in [9.17, 15) is 4.79 Å². The fourth-order valence-corrected chi connectivity index (χ4v) is 3.42. The van der Waals surface area contributed by atoms with Crippen molar-refractivity contribution in [2.75, 3.05) is 7.11 Å². The molecule has 2 atom stereocenters. The van der Waals surface area contributed by atoms with E-state index >= 15 is 0 Å². The number of ether oxygens (including phenoxy) is 3. The topological polar surface area (TPSA) is 56.8 Å². The molecule has 2 aromatic rings. The van der Waals surface area contributed by atoms with Crippen LogP contribution in [0, 0.1) is 0 Å². The van der Waals surface area contributed by atoms with Crippen molar-refractivity contribution in [3.63, 3.8) is 0 Å². The smallest absolute Gasteiger partial charge is 0.407 e. The maximum Gasteiger partial charge on any atom is 0.407 e. The summed E-state index contributed by atoms with van der Waals surface area (Å²) in [4.78, 5) is 11.7. The molecule has 0 saturated heterocycles. The molecule has 2 aromatic carbocycles. The van der Waals surface area contributed by atoms with Crippen molar-refractivity contribution < 1.29 is 19.0 Å². The molecule has 1 spiro atoms. The summed E-state index contributed by atoms with van der Waals surface area (Å²) in [5, 5.41) is 2.86. The quantitative estimate of drug-likeness (QED) is 0.922. The maximum atomic E-state index is 11.7. The summed E-state index contributed by atoms with van der Waals surface area (Å²) in [5.74, 6) is -0.915. The van der Waals surface area contributed by atoms with Crippen molar-refractivity contribution in [1.82, 2.24) is 5.32 Å². The zero-order valence-electron chi connectivity index (χ0n) is 13.4. The van der Waals surface area contributed by atoms with Crippen molar-refractivity contribution in [2.24, 2.45) is 0 Å². The molecule has 0 bridgehead atoms. The van der Waals surface area contributed by atoms with Crippen molar-refractivity contribution in [2.45, 2.75) is 31.0 Å². The molecule has 2 aliphatic rings. The summed E-state index contributed by atoms with van der Waals surface area (Å²) in [6, 6.07) is 17.8. The lowest BCUT2D eigenvalue weighted by molar-refractivity contribution is -0.181. The van der Waals surface area contributed by atoms with Gasteiger partial charge in [0.25, 0.3) is 0 Å². The van der Waals surface area contributed by atoms with Crippen molar-refractivity contribution in [3.8, 4) is 0 Å². The van der Waals surface area contributed by atoms with E-state index in [0.717, 1.165) is 16.7 Å². The monoisotopic (exact) mass is 325 g/mol. The van der Waals surface area contributed by atoms with E-state index in [1.54, 1.807) is 0 Å². The van der Waals surface area contributed by atoms with Gasteiger partial charge in [-0.2, -0.15) is 0 Å². The Morgan fingerprint density at radius 3 is 2.21 bits per heavy atom. The zero-order chi connectivity index (χ0) is 16.6. The average molecular weight is 325 g/mol. The Balaban J connectivity index is 1.63. The van der Waals surface area contributed by atoms with Gasteiger partial charge in [-0.3, -0.25) is 0 Å². The molecule has 0 radical (unpaired) electrons. The van der Waals surface area contributed by atoms with Gasteiger partial charge in [-0.15, -0.1) is 0 Å². The number of nitrogens with one attached hydrogen (secondary N) is 1. The van der Waals surface area contributed by atoms with Crippen molar-refractivity contribution >= 4 is 6.09 Å². The normalized spacial score (nSPS) is 23.9. The Kier molecular flexibility index (Phi) is 3.75. The predicted molar refractivity (Wildman–Crippen MR) is 87.3 cm³/mol. The van der Waals surface area contributed by atoms with E-state index in [4.69, 9.17) is 14.2 Å². The number of carbonyl (C=O) groups excluding carboxylic acids is 1. The molecule has 4 rings (SSSR count). The molecule has 5 heteroatoms. The van der Waals surface area contributed by atoms with Gasteiger partial charge in [-0.05, 0) is 16.7 Å². The predicted octanol–water partition coefficient (Wildman–Crippen LogP) is 2.95. The summed E-state index contributed by atoms with van der Waals surface area (Å²) in [6.07, 6.45) is -0.480. The van der Waals surface area contributed by atoms with Crippen LogP contribution in [0.3, 0.4) is 0 Å². The molecule has 5 nitrogen and oxygen atoms in total. The molecule has 0 aromatic heterocycles. The van der Waals surface area contributed by atoms with Crippen LogP contribution in [-0.4, -0.2) is 25.0 Å². The fraction of sp³-hybridized carbons (Fsp3) is 0.316. The van der Waals surface area contributed by atoms with E-state index in [0.29, 0.717) is 13.2 Å². The highest BCUT2D eigenvalue weighted by Gasteiger charge is 2.70. The molecule has 1 aliphatic carbocycles. The standard InChI is InChI=1S/C19H19NO4/c1-22-18(21)20-17-16(13-7-3-2-4-8-13)19(17)23-11-14-9-5-6-10-15(14)12-24-19/h2-10,16-17H,11-12H2,1H3,(H,20,21)/t16-,17-/m1/s1. The molecule has 1 aliphatic heterocycles. The highest BCUT2D eigenvalue weighted by atomic mass is 16.7. The maximum absolute atomic E-state index is 11.7. The summed E-state index contributed by atoms with van der Waals surface area (Å²) in [6.45, 7) is 0.914. The Bertz CT molecular complexity index is 719. The Hall–Kier alpha value is -2.37. The molecule has 24 heavy (non-hydrogen) atoms. The fourth-order valence-electron chi connectivity index (χ4n) is 3.42. The SMILES string of the molecule is COC(=O)N[C@@H]1[C@@H](c2ccccc2)C12OCc1ccccc1CO2. The largest absolute Gasteiger partial charge is 0.453 e. The van der Waals surface area contributed by atoms with Crippen LogP contribution < -0.4 is 5.32 Å². The molecular weight excluding hydrogens is 306 g/mol. The molecule has 1 saturated carbocycles. The molecule has 1 N–H and O–H groups in total. The molecular formula is C19H19NO4. The first-order chi connectivity index (χ1) is 11.7. The van der Waals surface area contributed by atoms with E-state index < -0.39 is 11.9 Å². The van der Waals surface area contributed by atoms with Gasteiger partial charge in [0.1, 0.15) is 0 Å². The zero-order valence-corrected chi connectivity index (χ0v) is 13.4. The van der Waals surface area contributed by atoms with Gasteiger partial charge in [0, 0.05) is 0 Å². The van der Waals surface area contributed by atoms with E-state index in [2.05, 4.69) is 5.32 Å². The van der Waals surface area contributed by atoms with Gasteiger partial charge < -0.3 is 19.5 Å². The van der Waals surface area contributed by atoms with E-state index in [1.165, 1.54) is 7.11 Å². The second kappa shape index (κ2) is 5.92. The number of hydrogen-bond acceptors (Lipinski definition) is 4.